The maximum atomic E-state index is 13.4. The van der Waals surface area contributed by atoms with Gasteiger partial charge in [0.1, 0.15) is 0 Å². The molecule has 1 aliphatic rings. The zero-order valence-electron chi connectivity index (χ0n) is 21.8. The minimum absolute atomic E-state index is 0.0419. The maximum Gasteiger partial charge on any atom is 0.340 e. The second kappa shape index (κ2) is 9.90. The average Bonchev–Trinajstić information content (AvgIpc) is 2.72. The normalized spacial score (nSPS) is 17.0. The molecule has 0 amide bonds. The molecule has 7 nitrogen and oxygen atoms in total. The predicted octanol–water partition coefficient (Wildman–Crippen LogP) is 5.59. The Kier molecular flexibility index (Phi) is 7.56. The van der Waals surface area contributed by atoms with Crippen LogP contribution >= 0.6 is 0 Å². The van der Waals surface area contributed by atoms with Crippen LogP contribution in [0.5, 0.6) is 5.88 Å². The molecule has 186 valence electrons. The van der Waals surface area contributed by atoms with E-state index >= 15 is 0 Å². The van der Waals surface area contributed by atoms with Crippen LogP contribution in [0.3, 0.4) is 0 Å². The van der Waals surface area contributed by atoms with Crippen molar-refractivity contribution in [3.05, 3.63) is 35.8 Å². The van der Waals surface area contributed by atoms with E-state index in [0.29, 0.717) is 0 Å². The van der Waals surface area contributed by atoms with E-state index in [1.165, 1.54) is 0 Å². The third-order valence-corrected chi connectivity index (χ3v) is 6.08. The van der Waals surface area contributed by atoms with Crippen molar-refractivity contribution in [2.75, 3.05) is 18.0 Å². The second-order valence-electron chi connectivity index (χ2n) is 11.2. The van der Waals surface area contributed by atoms with Crippen molar-refractivity contribution in [3.8, 4) is 17.0 Å². The van der Waals surface area contributed by atoms with Crippen LogP contribution in [-0.2, 0) is 14.3 Å². The van der Waals surface area contributed by atoms with E-state index in [4.69, 9.17) is 9.47 Å². The standard InChI is InChI=1S/C27H39N3O4/c1-17(2)33-25(32)24(34-26(4,5)6)22-18(3)28-16-20(19-9-10-21(31)29-15-19)23(22)30-13-11-27(7,8)12-14-30/h9-10,15-17,24H,11-14H2,1-8H3,(H,29,31). The van der Waals surface area contributed by atoms with E-state index in [9.17, 15) is 9.90 Å². The summed E-state index contributed by atoms with van der Waals surface area (Å²) in [6.07, 6.45) is 4.32. The Labute approximate surface area is 203 Å². The van der Waals surface area contributed by atoms with Gasteiger partial charge in [0.15, 0.2) is 6.10 Å². The zero-order valence-corrected chi connectivity index (χ0v) is 21.8. The van der Waals surface area contributed by atoms with E-state index in [0.717, 1.165) is 54.0 Å². The highest BCUT2D eigenvalue weighted by Crippen LogP contribution is 2.43. The minimum Gasteiger partial charge on any atom is -0.493 e. The molecule has 3 heterocycles. The first-order valence-electron chi connectivity index (χ1n) is 12.1. The van der Waals surface area contributed by atoms with Gasteiger partial charge in [0, 0.05) is 53.9 Å². The number of hydrogen-bond donors (Lipinski definition) is 1. The highest BCUT2D eigenvalue weighted by Gasteiger charge is 2.37. The van der Waals surface area contributed by atoms with Crippen LogP contribution in [0, 0.1) is 12.3 Å². The SMILES string of the molecule is Cc1ncc(-c2ccc(O)nc2)c(N2CCC(C)(C)CC2)c1C(OC(C)(C)C)C(=O)OC(C)C. The Hall–Kier alpha value is -2.67. The first-order chi connectivity index (χ1) is 15.8. The lowest BCUT2D eigenvalue weighted by Crippen LogP contribution is -2.39. The molecule has 34 heavy (non-hydrogen) atoms. The fourth-order valence-electron chi connectivity index (χ4n) is 4.23. The Morgan fingerprint density at radius 2 is 1.76 bits per heavy atom. The van der Waals surface area contributed by atoms with Gasteiger partial charge in [-0.2, -0.15) is 0 Å². The lowest BCUT2D eigenvalue weighted by atomic mass is 9.82. The third-order valence-electron chi connectivity index (χ3n) is 6.08. The first kappa shape index (κ1) is 25.9. The smallest absolute Gasteiger partial charge is 0.340 e. The second-order valence-corrected chi connectivity index (χ2v) is 11.2. The number of anilines is 1. The molecule has 3 rings (SSSR count). The van der Waals surface area contributed by atoms with Gasteiger partial charge < -0.3 is 19.5 Å². The molecule has 2 aromatic heterocycles. The summed E-state index contributed by atoms with van der Waals surface area (Å²) in [5, 5.41) is 9.73. The van der Waals surface area contributed by atoms with Crippen LogP contribution in [-0.4, -0.2) is 45.8 Å². The van der Waals surface area contributed by atoms with Gasteiger partial charge in [0.2, 0.25) is 5.88 Å². The molecule has 0 radical (unpaired) electrons. The van der Waals surface area contributed by atoms with Gasteiger partial charge in [0.25, 0.3) is 0 Å². The lowest BCUT2D eigenvalue weighted by Gasteiger charge is -2.41. The van der Waals surface area contributed by atoms with E-state index in [1.54, 1.807) is 12.3 Å². The van der Waals surface area contributed by atoms with Crippen molar-refractivity contribution in [3.63, 3.8) is 0 Å². The largest absolute Gasteiger partial charge is 0.493 e. The summed E-state index contributed by atoms with van der Waals surface area (Å²) >= 11 is 0. The summed E-state index contributed by atoms with van der Waals surface area (Å²) in [4.78, 5) is 24.5. The molecule has 0 aliphatic carbocycles. The van der Waals surface area contributed by atoms with E-state index < -0.39 is 17.7 Å². The van der Waals surface area contributed by atoms with Crippen LogP contribution in [0.2, 0.25) is 0 Å². The number of nitrogens with zero attached hydrogens (tertiary/aromatic N) is 3. The van der Waals surface area contributed by atoms with Crippen molar-refractivity contribution in [1.29, 1.82) is 0 Å². The van der Waals surface area contributed by atoms with Crippen LogP contribution in [0.25, 0.3) is 11.1 Å². The summed E-state index contributed by atoms with van der Waals surface area (Å²) in [5.41, 5.74) is 3.73. The number of aromatic hydroxyl groups is 1. The molecule has 1 atom stereocenters. The average molecular weight is 470 g/mol. The summed E-state index contributed by atoms with van der Waals surface area (Å²) in [6.45, 7) is 17.7. The summed E-state index contributed by atoms with van der Waals surface area (Å²) < 4.78 is 12.0. The highest BCUT2D eigenvalue weighted by molar-refractivity contribution is 5.87. The molecular weight excluding hydrogens is 430 g/mol. The molecule has 0 bridgehead atoms. The lowest BCUT2D eigenvalue weighted by molar-refractivity contribution is -0.171. The number of hydrogen-bond acceptors (Lipinski definition) is 7. The number of carbonyl (C=O) groups is 1. The molecular formula is C27H39N3O4. The van der Waals surface area contributed by atoms with Crippen LogP contribution in [0.4, 0.5) is 5.69 Å². The molecule has 1 saturated heterocycles. The monoisotopic (exact) mass is 469 g/mol. The molecule has 2 aromatic rings. The quantitative estimate of drug-likeness (QED) is 0.552. The molecule has 0 spiro atoms. The number of aromatic nitrogens is 2. The van der Waals surface area contributed by atoms with Gasteiger partial charge in [-0.3, -0.25) is 4.98 Å². The maximum absolute atomic E-state index is 13.4. The van der Waals surface area contributed by atoms with Gasteiger partial charge >= 0.3 is 5.97 Å². The summed E-state index contributed by atoms with van der Waals surface area (Å²) in [5.74, 6) is -0.464. The topological polar surface area (TPSA) is 84.8 Å². The zero-order chi connectivity index (χ0) is 25.3. The molecule has 1 aliphatic heterocycles. The Balaban J connectivity index is 2.23. The number of aryl methyl sites for hydroxylation is 1. The third kappa shape index (κ3) is 6.26. The van der Waals surface area contributed by atoms with Gasteiger partial charge in [-0.25, -0.2) is 9.78 Å². The fourth-order valence-corrected chi connectivity index (χ4v) is 4.23. The van der Waals surface area contributed by atoms with Crippen molar-refractivity contribution < 1.29 is 19.4 Å². The molecule has 1 fully saturated rings. The Morgan fingerprint density at radius 3 is 2.29 bits per heavy atom. The van der Waals surface area contributed by atoms with Gasteiger partial charge in [-0.15, -0.1) is 0 Å². The molecule has 1 unspecified atom stereocenters. The van der Waals surface area contributed by atoms with Gasteiger partial charge in [0.05, 0.1) is 17.4 Å². The van der Waals surface area contributed by atoms with Gasteiger partial charge in [-0.1, -0.05) is 13.8 Å². The predicted molar refractivity (Wildman–Crippen MR) is 134 cm³/mol. The van der Waals surface area contributed by atoms with Crippen LogP contribution < -0.4 is 4.90 Å². The minimum atomic E-state index is -0.926. The van der Waals surface area contributed by atoms with Gasteiger partial charge in [-0.05, 0) is 65.9 Å². The van der Waals surface area contributed by atoms with Crippen molar-refractivity contribution in [2.24, 2.45) is 5.41 Å². The van der Waals surface area contributed by atoms with Crippen molar-refractivity contribution in [1.82, 2.24) is 9.97 Å². The fraction of sp³-hybridized carbons (Fsp3) is 0.593. The molecule has 1 N–H and O–H groups in total. The number of rotatable bonds is 6. The molecule has 0 saturated carbocycles. The number of ether oxygens (including phenoxy) is 2. The Morgan fingerprint density at radius 1 is 1.12 bits per heavy atom. The summed E-state index contributed by atoms with van der Waals surface area (Å²) in [6, 6.07) is 3.38. The highest BCUT2D eigenvalue weighted by atomic mass is 16.6. The number of esters is 1. The summed E-state index contributed by atoms with van der Waals surface area (Å²) in [7, 11) is 0. The molecule has 0 aromatic carbocycles. The Bertz CT molecular complexity index is 1000. The number of piperidine rings is 1. The van der Waals surface area contributed by atoms with E-state index in [1.807, 2.05) is 53.8 Å². The van der Waals surface area contributed by atoms with Crippen LogP contribution in [0.1, 0.15) is 78.7 Å². The van der Waals surface area contributed by atoms with Crippen molar-refractivity contribution in [2.45, 2.75) is 86.0 Å². The van der Waals surface area contributed by atoms with E-state index in [2.05, 4.69) is 28.7 Å². The van der Waals surface area contributed by atoms with E-state index in [-0.39, 0.29) is 17.4 Å². The van der Waals surface area contributed by atoms with Crippen LogP contribution in [0.15, 0.2) is 24.5 Å². The molecule has 7 heteroatoms. The number of pyridine rings is 2. The number of carbonyl (C=O) groups excluding carboxylic acids is 1. The first-order valence-corrected chi connectivity index (χ1v) is 12.1. The van der Waals surface area contributed by atoms with Crippen molar-refractivity contribution >= 4 is 11.7 Å².